The number of nitriles is 1. The number of aryl methyl sites for hydroxylation is 1. The van der Waals surface area contributed by atoms with Crippen LogP contribution >= 0.6 is 0 Å². The molecule has 0 bridgehead atoms. The Labute approximate surface area is 106 Å². The maximum atomic E-state index is 11.7. The molecule has 0 spiro atoms. The summed E-state index contributed by atoms with van der Waals surface area (Å²) < 4.78 is 1.26. The summed E-state index contributed by atoms with van der Waals surface area (Å²) in [5, 5.41) is 18.8. The molecular formula is C13H19N3O2. The first-order chi connectivity index (χ1) is 8.61. The summed E-state index contributed by atoms with van der Waals surface area (Å²) in [6.07, 6.45) is 3.74. The number of rotatable bonds is 6. The van der Waals surface area contributed by atoms with E-state index in [4.69, 9.17) is 11.0 Å². The highest BCUT2D eigenvalue weighted by atomic mass is 16.3. The van der Waals surface area contributed by atoms with Gasteiger partial charge < -0.3 is 10.8 Å². The Balaban J connectivity index is 2.78. The van der Waals surface area contributed by atoms with Crippen molar-refractivity contribution in [2.75, 3.05) is 6.54 Å². The summed E-state index contributed by atoms with van der Waals surface area (Å²) in [5.41, 5.74) is 5.82. The van der Waals surface area contributed by atoms with Crippen LogP contribution < -0.4 is 11.3 Å². The fourth-order valence-electron chi connectivity index (χ4n) is 1.87. The highest BCUT2D eigenvalue weighted by Crippen LogP contribution is 2.17. The molecule has 1 aromatic heterocycles. The first kappa shape index (κ1) is 14.3. The van der Waals surface area contributed by atoms with E-state index in [1.807, 2.05) is 6.07 Å². The zero-order chi connectivity index (χ0) is 13.5. The third-order valence-electron chi connectivity index (χ3n) is 2.93. The van der Waals surface area contributed by atoms with E-state index in [1.165, 1.54) is 10.6 Å². The van der Waals surface area contributed by atoms with Crippen LogP contribution in [0.4, 0.5) is 0 Å². The van der Waals surface area contributed by atoms with Gasteiger partial charge in [0.15, 0.2) is 0 Å². The van der Waals surface area contributed by atoms with Gasteiger partial charge in [-0.05, 0) is 31.9 Å². The minimum absolute atomic E-state index is 0.177. The summed E-state index contributed by atoms with van der Waals surface area (Å²) in [7, 11) is 0. The molecule has 5 heteroatoms. The van der Waals surface area contributed by atoms with Crippen LogP contribution in [0.1, 0.15) is 36.8 Å². The number of hydrogen-bond donors (Lipinski definition) is 2. The molecular weight excluding hydrogens is 230 g/mol. The molecule has 0 unspecified atom stereocenters. The van der Waals surface area contributed by atoms with Crippen molar-refractivity contribution in [2.45, 2.75) is 39.2 Å². The summed E-state index contributed by atoms with van der Waals surface area (Å²) in [6, 6.07) is 3.30. The van der Waals surface area contributed by atoms with Gasteiger partial charge in [0.1, 0.15) is 11.6 Å². The van der Waals surface area contributed by atoms with Crippen molar-refractivity contribution in [1.82, 2.24) is 4.57 Å². The fourth-order valence-corrected chi connectivity index (χ4v) is 1.87. The Hall–Kier alpha value is -1.80. The summed E-state index contributed by atoms with van der Waals surface area (Å²) >= 11 is 0. The predicted octanol–water partition coefficient (Wildman–Crippen LogP) is 1.25. The molecule has 0 aliphatic carbocycles. The second-order valence-corrected chi connectivity index (χ2v) is 4.33. The number of hydrogen-bond acceptors (Lipinski definition) is 4. The monoisotopic (exact) mass is 249 g/mol. The first-order valence-corrected chi connectivity index (χ1v) is 6.15. The number of nitrogens with two attached hydrogens (primary N) is 1. The number of pyridine rings is 1. The van der Waals surface area contributed by atoms with E-state index in [1.54, 1.807) is 6.92 Å². The summed E-state index contributed by atoms with van der Waals surface area (Å²) in [4.78, 5) is 11.7. The van der Waals surface area contributed by atoms with Gasteiger partial charge >= 0.3 is 0 Å². The number of nitrogens with zero attached hydrogens (tertiary/aromatic N) is 2. The SMILES string of the molecule is Cc1cc(=O)n(CCCCCCN)c(O)c1C#N. The van der Waals surface area contributed by atoms with Crippen molar-refractivity contribution in [1.29, 1.82) is 5.26 Å². The van der Waals surface area contributed by atoms with Gasteiger partial charge in [-0.15, -0.1) is 0 Å². The van der Waals surface area contributed by atoms with E-state index in [2.05, 4.69) is 0 Å². The third-order valence-corrected chi connectivity index (χ3v) is 2.93. The van der Waals surface area contributed by atoms with Crippen molar-refractivity contribution in [3.05, 3.63) is 27.5 Å². The quantitative estimate of drug-likeness (QED) is 0.742. The normalized spacial score (nSPS) is 10.3. The molecule has 0 atom stereocenters. The van der Waals surface area contributed by atoms with E-state index in [9.17, 15) is 9.90 Å². The fraction of sp³-hybridized carbons (Fsp3) is 0.538. The lowest BCUT2D eigenvalue weighted by molar-refractivity contribution is 0.396. The van der Waals surface area contributed by atoms with Gasteiger partial charge in [0.25, 0.3) is 5.56 Å². The van der Waals surface area contributed by atoms with Crippen LogP contribution in [0, 0.1) is 18.3 Å². The van der Waals surface area contributed by atoms with E-state index in [0.717, 1.165) is 25.7 Å². The molecule has 1 heterocycles. The van der Waals surface area contributed by atoms with Gasteiger partial charge in [-0.25, -0.2) is 0 Å². The summed E-state index contributed by atoms with van der Waals surface area (Å²) in [5.74, 6) is -0.221. The van der Waals surface area contributed by atoms with Gasteiger partial charge in [-0.2, -0.15) is 5.26 Å². The highest BCUT2D eigenvalue weighted by Gasteiger charge is 2.11. The van der Waals surface area contributed by atoms with Gasteiger partial charge in [-0.3, -0.25) is 9.36 Å². The van der Waals surface area contributed by atoms with Crippen molar-refractivity contribution >= 4 is 0 Å². The molecule has 0 aromatic carbocycles. The number of aromatic nitrogens is 1. The molecule has 0 amide bonds. The van der Waals surface area contributed by atoms with Gasteiger partial charge in [0.05, 0.1) is 0 Å². The van der Waals surface area contributed by atoms with Crippen molar-refractivity contribution in [3.63, 3.8) is 0 Å². The van der Waals surface area contributed by atoms with E-state index in [-0.39, 0.29) is 17.0 Å². The lowest BCUT2D eigenvalue weighted by Gasteiger charge is -2.10. The van der Waals surface area contributed by atoms with Crippen LogP contribution in [0.5, 0.6) is 5.88 Å². The van der Waals surface area contributed by atoms with Crippen LogP contribution in [-0.4, -0.2) is 16.2 Å². The molecule has 0 aliphatic heterocycles. The Bertz CT molecular complexity index is 500. The van der Waals surface area contributed by atoms with Crippen molar-refractivity contribution in [2.24, 2.45) is 5.73 Å². The molecule has 0 saturated carbocycles. The Morgan fingerprint density at radius 3 is 2.67 bits per heavy atom. The topological polar surface area (TPSA) is 92.0 Å². The molecule has 0 saturated heterocycles. The minimum Gasteiger partial charge on any atom is -0.493 e. The largest absolute Gasteiger partial charge is 0.493 e. The number of unbranched alkanes of at least 4 members (excludes halogenated alkanes) is 3. The highest BCUT2D eigenvalue weighted by molar-refractivity contribution is 5.43. The average molecular weight is 249 g/mol. The smallest absolute Gasteiger partial charge is 0.253 e. The Morgan fingerprint density at radius 2 is 2.06 bits per heavy atom. The lowest BCUT2D eigenvalue weighted by atomic mass is 10.1. The molecule has 0 radical (unpaired) electrons. The molecule has 0 aliphatic rings. The maximum Gasteiger partial charge on any atom is 0.253 e. The van der Waals surface area contributed by atoms with Gasteiger partial charge in [-0.1, -0.05) is 12.8 Å². The predicted molar refractivity (Wildman–Crippen MR) is 69.3 cm³/mol. The molecule has 3 N–H and O–H groups in total. The van der Waals surface area contributed by atoms with Crippen LogP contribution in [0.3, 0.4) is 0 Å². The Kier molecular flexibility index (Phi) is 5.40. The first-order valence-electron chi connectivity index (χ1n) is 6.15. The van der Waals surface area contributed by atoms with Crippen molar-refractivity contribution in [3.8, 4) is 11.9 Å². The second-order valence-electron chi connectivity index (χ2n) is 4.33. The standard InChI is InChI=1S/C13H19N3O2/c1-10-8-12(17)16(13(18)11(10)9-15)7-5-3-2-4-6-14/h8,18H,2-7,14H2,1H3. The van der Waals surface area contributed by atoms with E-state index < -0.39 is 0 Å². The third kappa shape index (κ3) is 3.34. The Morgan fingerprint density at radius 1 is 1.39 bits per heavy atom. The number of aromatic hydroxyl groups is 1. The average Bonchev–Trinajstić information content (AvgIpc) is 2.32. The van der Waals surface area contributed by atoms with Gasteiger partial charge in [0.2, 0.25) is 5.88 Å². The lowest BCUT2D eigenvalue weighted by Crippen LogP contribution is -2.21. The second kappa shape index (κ2) is 6.82. The van der Waals surface area contributed by atoms with Gasteiger partial charge in [0, 0.05) is 12.6 Å². The van der Waals surface area contributed by atoms with E-state index in [0.29, 0.717) is 18.7 Å². The minimum atomic E-state index is -0.261. The van der Waals surface area contributed by atoms with Crippen LogP contribution in [0.25, 0.3) is 0 Å². The molecule has 1 rings (SSSR count). The maximum absolute atomic E-state index is 11.7. The molecule has 5 nitrogen and oxygen atoms in total. The van der Waals surface area contributed by atoms with Crippen LogP contribution in [0.2, 0.25) is 0 Å². The van der Waals surface area contributed by atoms with E-state index >= 15 is 0 Å². The zero-order valence-corrected chi connectivity index (χ0v) is 10.6. The molecule has 0 fully saturated rings. The summed E-state index contributed by atoms with van der Waals surface area (Å²) in [6.45, 7) is 2.75. The van der Waals surface area contributed by atoms with Crippen LogP contribution in [0.15, 0.2) is 10.9 Å². The molecule has 98 valence electrons. The molecule has 1 aromatic rings. The van der Waals surface area contributed by atoms with Crippen LogP contribution in [-0.2, 0) is 6.54 Å². The molecule has 18 heavy (non-hydrogen) atoms. The zero-order valence-electron chi connectivity index (χ0n) is 10.6. The van der Waals surface area contributed by atoms with Crippen molar-refractivity contribution < 1.29 is 5.11 Å².